The van der Waals surface area contributed by atoms with Crippen molar-refractivity contribution in [3.63, 3.8) is 0 Å². The van der Waals surface area contributed by atoms with Crippen molar-refractivity contribution in [2.45, 2.75) is 24.4 Å². The molecule has 168 valence electrons. The van der Waals surface area contributed by atoms with Crippen molar-refractivity contribution in [3.05, 3.63) is 37.6 Å². The number of hydrogen-bond donors (Lipinski definition) is 0. The second-order valence-corrected chi connectivity index (χ2v) is 5.02. The smallest absolute Gasteiger partial charge is 0.394 e. The van der Waals surface area contributed by atoms with Gasteiger partial charge in [-0.05, 0) is 6.08 Å². The predicted octanol–water partition coefficient (Wildman–Crippen LogP) is 3.85. The van der Waals surface area contributed by atoms with Gasteiger partial charge in [0.2, 0.25) is 0 Å². The molecule has 0 saturated carbocycles. The zero-order chi connectivity index (χ0) is 22.9. The van der Waals surface area contributed by atoms with Crippen molar-refractivity contribution in [2.24, 2.45) is 0 Å². The van der Waals surface area contributed by atoms with Crippen LogP contribution >= 0.6 is 0 Å². The largest absolute Gasteiger partial charge is 0.485 e. The summed E-state index contributed by atoms with van der Waals surface area (Å²) in [7, 11) is 0. The molecule has 0 saturated heterocycles. The first kappa shape index (κ1) is 26.8. The van der Waals surface area contributed by atoms with Gasteiger partial charge in [0.1, 0.15) is 19.0 Å². The molecule has 0 radical (unpaired) electrons. The first-order valence-electron chi connectivity index (χ1n) is 7.26. The molecule has 0 rings (SSSR count). The van der Waals surface area contributed by atoms with Crippen molar-refractivity contribution >= 4 is 5.97 Å². The molecule has 6 nitrogen and oxygen atoms in total. The Morgan fingerprint density at radius 1 is 0.690 bits per heavy atom. The van der Waals surface area contributed by atoms with Crippen LogP contribution in [0.25, 0.3) is 0 Å². The first-order valence-corrected chi connectivity index (χ1v) is 7.26. The SMILES string of the molecule is C=CC(=C)OCC(F)(F)OC(F)(F)COCC(F)(F)OC(F)(F)COC(=O)C=C. The topological polar surface area (TPSA) is 63.2 Å². The van der Waals surface area contributed by atoms with Gasteiger partial charge in [-0.2, -0.15) is 35.1 Å². The molecule has 0 aromatic rings. The van der Waals surface area contributed by atoms with E-state index < -0.39 is 56.8 Å². The first-order chi connectivity index (χ1) is 13.0. The van der Waals surface area contributed by atoms with Gasteiger partial charge in [0.25, 0.3) is 0 Å². The van der Waals surface area contributed by atoms with E-state index in [-0.39, 0.29) is 5.76 Å². The van der Waals surface area contributed by atoms with Crippen molar-refractivity contribution in [3.8, 4) is 0 Å². The van der Waals surface area contributed by atoms with Crippen LogP contribution in [0.1, 0.15) is 0 Å². The number of alkyl halides is 8. The number of rotatable bonds is 15. The van der Waals surface area contributed by atoms with Gasteiger partial charge in [-0.1, -0.05) is 19.7 Å². The maximum atomic E-state index is 13.3. The van der Waals surface area contributed by atoms with E-state index in [9.17, 15) is 39.9 Å². The van der Waals surface area contributed by atoms with Crippen LogP contribution < -0.4 is 0 Å². The summed E-state index contributed by atoms with van der Waals surface area (Å²) in [6, 6.07) is 0. The summed E-state index contributed by atoms with van der Waals surface area (Å²) < 4.78 is 124. The van der Waals surface area contributed by atoms with E-state index in [1.165, 1.54) is 0 Å². The van der Waals surface area contributed by atoms with Crippen molar-refractivity contribution < 1.29 is 63.6 Å². The van der Waals surface area contributed by atoms with Gasteiger partial charge in [-0.25, -0.2) is 4.79 Å². The van der Waals surface area contributed by atoms with Gasteiger partial charge in [-0.15, -0.1) is 0 Å². The maximum Gasteiger partial charge on any atom is 0.394 e. The third kappa shape index (κ3) is 12.8. The normalized spacial score (nSPS) is 13.0. The molecule has 0 heterocycles. The Morgan fingerprint density at radius 2 is 1.07 bits per heavy atom. The lowest BCUT2D eigenvalue weighted by atomic mass is 10.5. The summed E-state index contributed by atoms with van der Waals surface area (Å²) in [5.41, 5.74) is 0. The minimum atomic E-state index is -4.85. The van der Waals surface area contributed by atoms with Crippen LogP contribution in [-0.2, 0) is 28.5 Å². The Kier molecular flexibility index (Phi) is 9.75. The van der Waals surface area contributed by atoms with Crippen molar-refractivity contribution in [1.29, 1.82) is 0 Å². The number of carbonyl (C=O) groups is 1. The van der Waals surface area contributed by atoms with Gasteiger partial charge >= 0.3 is 30.4 Å². The molecule has 0 aliphatic rings. The molecule has 14 heteroatoms. The number of allylic oxidation sites excluding steroid dienone is 1. The molecular formula is C15H16F8O6. The molecule has 0 atom stereocenters. The fourth-order valence-electron chi connectivity index (χ4n) is 1.29. The molecule has 0 N–H and O–H groups in total. The van der Waals surface area contributed by atoms with Crippen LogP contribution in [0.5, 0.6) is 0 Å². The van der Waals surface area contributed by atoms with Gasteiger partial charge < -0.3 is 14.2 Å². The van der Waals surface area contributed by atoms with Crippen LogP contribution in [0, 0.1) is 0 Å². The molecule has 0 spiro atoms. The number of hydrogen-bond acceptors (Lipinski definition) is 6. The second-order valence-electron chi connectivity index (χ2n) is 5.02. The Morgan fingerprint density at radius 3 is 1.45 bits per heavy atom. The van der Waals surface area contributed by atoms with Gasteiger partial charge in [0, 0.05) is 6.08 Å². The zero-order valence-corrected chi connectivity index (χ0v) is 14.6. The predicted molar refractivity (Wildman–Crippen MR) is 79.2 cm³/mol. The monoisotopic (exact) mass is 444 g/mol. The highest BCUT2D eigenvalue weighted by atomic mass is 19.3. The lowest BCUT2D eigenvalue weighted by Gasteiger charge is -2.25. The molecule has 0 aliphatic carbocycles. The molecule has 0 aliphatic heterocycles. The number of ether oxygens (including phenoxy) is 5. The lowest BCUT2D eigenvalue weighted by Crippen LogP contribution is -2.42. The highest BCUT2D eigenvalue weighted by Gasteiger charge is 2.48. The molecular weight excluding hydrogens is 428 g/mol. The zero-order valence-electron chi connectivity index (χ0n) is 14.6. The quantitative estimate of drug-likeness (QED) is 0.126. The third-order valence-corrected chi connectivity index (χ3v) is 2.34. The molecule has 0 aromatic carbocycles. The van der Waals surface area contributed by atoms with Crippen LogP contribution in [0.15, 0.2) is 37.6 Å². The van der Waals surface area contributed by atoms with Crippen LogP contribution in [0.4, 0.5) is 35.1 Å². The summed E-state index contributed by atoms with van der Waals surface area (Å²) >= 11 is 0. The van der Waals surface area contributed by atoms with E-state index in [0.29, 0.717) is 6.08 Å². The van der Waals surface area contributed by atoms with E-state index in [0.717, 1.165) is 6.08 Å². The molecule has 0 amide bonds. The summed E-state index contributed by atoms with van der Waals surface area (Å²) in [5, 5.41) is 0. The van der Waals surface area contributed by atoms with E-state index in [2.05, 4.69) is 43.4 Å². The fraction of sp³-hybridized carbons (Fsp3) is 0.533. The number of esters is 1. The van der Waals surface area contributed by atoms with E-state index in [4.69, 9.17) is 0 Å². The highest BCUT2D eigenvalue weighted by Crippen LogP contribution is 2.30. The van der Waals surface area contributed by atoms with Gasteiger partial charge in [0.15, 0.2) is 13.2 Å². The van der Waals surface area contributed by atoms with Crippen LogP contribution in [0.3, 0.4) is 0 Å². The molecule has 0 bridgehead atoms. The second kappa shape index (κ2) is 10.5. The molecule has 0 fully saturated rings. The highest BCUT2D eigenvalue weighted by molar-refractivity contribution is 5.81. The van der Waals surface area contributed by atoms with Crippen molar-refractivity contribution in [2.75, 3.05) is 26.4 Å². The summed E-state index contributed by atoms with van der Waals surface area (Å²) in [6.07, 6.45) is -17.6. The van der Waals surface area contributed by atoms with E-state index in [1.807, 2.05) is 0 Å². The third-order valence-electron chi connectivity index (χ3n) is 2.34. The molecule has 29 heavy (non-hydrogen) atoms. The van der Waals surface area contributed by atoms with Gasteiger partial charge in [-0.3, -0.25) is 9.47 Å². The van der Waals surface area contributed by atoms with Crippen molar-refractivity contribution in [1.82, 2.24) is 0 Å². The molecule has 0 aromatic heterocycles. The fourth-order valence-corrected chi connectivity index (χ4v) is 1.29. The van der Waals surface area contributed by atoms with E-state index >= 15 is 0 Å². The number of halogens is 8. The summed E-state index contributed by atoms with van der Waals surface area (Å²) in [4.78, 5) is 10.6. The summed E-state index contributed by atoms with van der Waals surface area (Å²) in [6.45, 7) is 1.05. The minimum Gasteiger partial charge on any atom is -0.485 e. The minimum absolute atomic E-state index is 0.385. The Hall–Kier alpha value is -2.19. The average molecular weight is 444 g/mol. The Labute approximate surface area is 159 Å². The maximum absolute atomic E-state index is 13.3. The molecule has 0 unspecified atom stereocenters. The standard InChI is InChI=1S/C15H16F8O6/c1-4-10(3)26-8-14(20,21)28-12(16,17)6-25-7-13(18,19)29-15(22,23)9-27-11(24)5-2/h4-5H,1-3,6-9H2. The summed E-state index contributed by atoms with van der Waals surface area (Å²) in [5.74, 6) is -1.75. The van der Waals surface area contributed by atoms with Gasteiger partial charge in [0.05, 0.1) is 0 Å². The lowest BCUT2D eigenvalue weighted by molar-refractivity contribution is -0.409. The number of carbonyl (C=O) groups excluding carboxylic acids is 1. The van der Waals surface area contributed by atoms with Crippen LogP contribution in [0.2, 0.25) is 0 Å². The van der Waals surface area contributed by atoms with E-state index in [1.54, 1.807) is 0 Å². The van der Waals surface area contributed by atoms with Crippen LogP contribution in [-0.4, -0.2) is 56.8 Å². The Bertz CT molecular complexity index is 543. The Balaban J connectivity index is 4.57. The average Bonchev–Trinajstić information content (AvgIpc) is 2.55.